The zero-order valence-corrected chi connectivity index (χ0v) is 10.0. The molecule has 1 aromatic carbocycles. The van der Waals surface area contributed by atoms with Gasteiger partial charge in [-0.3, -0.25) is 4.90 Å². The third-order valence-corrected chi connectivity index (χ3v) is 2.57. The van der Waals surface area contributed by atoms with E-state index in [-0.39, 0.29) is 0 Å². The average Bonchev–Trinajstić information content (AvgIpc) is 2.17. The highest BCUT2D eigenvalue weighted by molar-refractivity contribution is 6.18. The van der Waals surface area contributed by atoms with Gasteiger partial charge in [0.05, 0.1) is 0 Å². The Morgan fingerprint density at radius 2 is 2.13 bits per heavy atom. The van der Waals surface area contributed by atoms with Gasteiger partial charge in [0.25, 0.3) is 0 Å². The van der Waals surface area contributed by atoms with Crippen LogP contribution in [0.15, 0.2) is 24.3 Å². The quantitative estimate of drug-likeness (QED) is 0.782. The maximum Gasteiger partial charge on any atom is 0.115 e. The normalized spacial score (nSPS) is 11.3. The van der Waals surface area contributed by atoms with Crippen molar-refractivity contribution in [2.75, 3.05) is 12.4 Å². The number of halogens is 1. The molecule has 0 amide bonds. The van der Waals surface area contributed by atoms with Crippen molar-refractivity contribution >= 4 is 11.6 Å². The molecule has 0 spiro atoms. The molecule has 0 heterocycles. The molecule has 1 N–H and O–H groups in total. The lowest BCUT2D eigenvalue weighted by Crippen LogP contribution is -2.32. The second kappa shape index (κ2) is 5.99. The Kier molecular flexibility index (Phi) is 4.92. The lowest BCUT2D eigenvalue weighted by atomic mass is 10.2. The van der Waals surface area contributed by atoms with Crippen LogP contribution in [0, 0.1) is 0 Å². The minimum atomic E-state index is 0.321. The number of rotatable bonds is 5. The number of aromatic hydroxyl groups is 1. The third kappa shape index (κ3) is 4.10. The summed E-state index contributed by atoms with van der Waals surface area (Å²) in [6.07, 6.45) is 0. The van der Waals surface area contributed by atoms with Gasteiger partial charge < -0.3 is 5.11 Å². The van der Waals surface area contributed by atoms with Crippen LogP contribution >= 0.6 is 11.6 Å². The third-order valence-electron chi connectivity index (χ3n) is 2.40. The van der Waals surface area contributed by atoms with Gasteiger partial charge in [-0.15, -0.1) is 11.6 Å². The standard InChI is InChI=1S/C12H18ClNO/c1-10(2)14(7-6-13)9-11-4-3-5-12(15)8-11/h3-5,8,10,15H,6-7,9H2,1-2H3. The van der Waals surface area contributed by atoms with E-state index in [2.05, 4.69) is 18.7 Å². The molecular formula is C12H18ClNO. The molecule has 0 aliphatic heterocycles. The Morgan fingerprint density at radius 3 is 2.67 bits per heavy atom. The van der Waals surface area contributed by atoms with E-state index in [1.807, 2.05) is 12.1 Å². The Hall–Kier alpha value is -0.730. The molecule has 0 saturated carbocycles. The second-order valence-electron chi connectivity index (χ2n) is 3.92. The summed E-state index contributed by atoms with van der Waals surface area (Å²) in [5, 5.41) is 9.35. The zero-order valence-electron chi connectivity index (χ0n) is 9.28. The topological polar surface area (TPSA) is 23.5 Å². The molecule has 0 unspecified atom stereocenters. The first-order chi connectivity index (χ1) is 7.13. The van der Waals surface area contributed by atoms with E-state index in [0.717, 1.165) is 18.7 Å². The first-order valence-electron chi connectivity index (χ1n) is 5.21. The van der Waals surface area contributed by atoms with E-state index in [0.29, 0.717) is 17.7 Å². The number of hydrogen-bond donors (Lipinski definition) is 1. The van der Waals surface area contributed by atoms with Crippen LogP contribution in [0.5, 0.6) is 5.75 Å². The van der Waals surface area contributed by atoms with Crippen LogP contribution in [0.2, 0.25) is 0 Å². The number of phenols is 1. The molecule has 0 fully saturated rings. The van der Waals surface area contributed by atoms with Crippen molar-refractivity contribution in [3.05, 3.63) is 29.8 Å². The monoisotopic (exact) mass is 227 g/mol. The van der Waals surface area contributed by atoms with Crippen molar-refractivity contribution in [1.82, 2.24) is 4.90 Å². The number of alkyl halides is 1. The van der Waals surface area contributed by atoms with E-state index < -0.39 is 0 Å². The predicted molar refractivity (Wildman–Crippen MR) is 64.4 cm³/mol. The van der Waals surface area contributed by atoms with Crippen molar-refractivity contribution in [2.24, 2.45) is 0 Å². The predicted octanol–water partition coefficient (Wildman–Crippen LogP) is 2.84. The first-order valence-corrected chi connectivity index (χ1v) is 5.75. The van der Waals surface area contributed by atoms with E-state index >= 15 is 0 Å². The van der Waals surface area contributed by atoms with E-state index in [9.17, 15) is 5.11 Å². The van der Waals surface area contributed by atoms with Gasteiger partial charge in [0, 0.05) is 25.0 Å². The summed E-state index contributed by atoms with van der Waals surface area (Å²) in [6, 6.07) is 7.83. The van der Waals surface area contributed by atoms with Crippen molar-refractivity contribution in [3.63, 3.8) is 0 Å². The molecule has 0 radical (unpaired) electrons. The van der Waals surface area contributed by atoms with Crippen molar-refractivity contribution in [3.8, 4) is 5.75 Å². The molecule has 2 nitrogen and oxygen atoms in total. The van der Waals surface area contributed by atoms with Gasteiger partial charge >= 0.3 is 0 Å². The summed E-state index contributed by atoms with van der Waals surface area (Å²) in [5.41, 5.74) is 1.12. The molecule has 84 valence electrons. The van der Waals surface area contributed by atoms with Gasteiger partial charge in [-0.1, -0.05) is 12.1 Å². The average molecular weight is 228 g/mol. The largest absolute Gasteiger partial charge is 0.508 e. The Labute approximate surface area is 96.5 Å². The highest BCUT2D eigenvalue weighted by Crippen LogP contribution is 2.14. The molecule has 15 heavy (non-hydrogen) atoms. The Morgan fingerprint density at radius 1 is 1.40 bits per heavy atom. The lowest BCUT2D eigenvalue weighted by molar-refractivity contribution is 0.226. The van der Waals surface area contributed by atoms with Crippen LogP contribution in [0.3, 0.4) is 0 Å². The highest BCUT2D eigenvalue weighted by atomic mass is 35.5. The van der Waals surface area contributed by atoms with E-state index in [1.165, 1.54) is 0 Å². The summed E-state index contributed by atoms with van der Waals surface area (Å²) < 4.78 is 0. The number of hydrogen-bond acceptors (Lipinski definition) is 2. The fourth-order valence-electron chi connectivity index (χ4n) is 1.52. The molecule has 1 aromatic rings. The molecule has 0 saturated heterocycles. The molecule has 0 aromatic heterocycles. The van der Waals surface area contributed by atoms with Crippen LogP contribution in [0.1, 0.15) is 19.4 Å². The minimum absolute atomic E-state index is 0.321. The van der Waals surface area contributed by atoms with Crippen molar-refractivity contribution in [1.29, 1.82) is 0 Å². The summed E-state index contributed by atoms with van der Waals surface area (Å²) >= 11 is 5.75. The molecule has 0 aliphatic carbocycles. The van der Waals surface area contributed by atoms with E-state index in [4.69, 9.17) is 11.6 Å². The fraction of sp³-hybridized carbons (Fsp3) is 0.500. The maximum absolute atomic E-state index is 9.35. The molecule has 0 bridgehead atoms. The van der Waals surface area contributed by atoms with E-state index in [1.54, 1.807) is 12.1 Å². The zero-order chi connectivity index (χ0) is 11.3. The van der Waals surface area contributed by atoms with Gasteiger partial charge in [0.1, 0.15) is 5.75 Å². The van der Waals surface area contributed by atoms with Gasteiger partial charge in [-0.25, -0.2) is 0 Å². The van der Waals surface area contributed by atoms with Gasteiger partial charge in [0.15, 0.2) is 0 Å². The second-order valence-corrected chi connectivity index (χ2v) is 4.30. The van der Waals surface area contributed by atoms with Crippen LogP contribution < -0.4 is 0 Å². The smallest absolute Gasteiger partial charge is 0.115 e. The van der Waals surface area contributed by atoms with Gasteiger partial charge in [-0.2, -0.15) is 0 Å². The van der Waals surface area contributed by atoms with Crippen LogP contribution in [-0.4, -0.2) is 28.5 Å². The van der Waals surface area contributed by atoms with Crippen LogP contribution in [0.4, 0.5) is 0 Å². The Bertz CT molecular complexity index is 301. The molecule has 0 atom stereocenters. The summed E-state index contributed by atoms with van der Waals surface area (Å²) in [4.78, 5) is 2.28. The summed E-state index contributed by atoms with van der Waals surface area (Å²) in [5.74, 6) is 0.957. The summed E-state index contributed by atoms with van der Waals surface area (Å²) in [6.45, 7) is 6.00. The van der Waals surface area contributed by atoms with Crippen molar-refractivity contribution < 1.29 is 5.11 Å². The molecule has 1 rings (SSSR count). The summed E-state index contributed by atoms with van der Waals surface area (Å²) in [7, 11) is 0. The first kappa shape index (κ1) is 12.3. The van der Waals surface area contributed by atoms with Gasteiger partial charge in [0.2, 0.25) is 0 Å². The SMILES string of the molecule is CC(C)N(CCCl)Cc1cccc(O)c1. The molecule has 3 heteroatoms. The highest BCUT2D eigenvalue weighted by Gasteiger charge is 2.09. The van der Waals surface area contributed by atoms with Crippen LogP contribution in [0.25, 0.3) is 0 Å². The van der Waals surface area contributed by atoms with Crippen molar-refractivity contribution in [2.45, 2.75) is 26.4 Å². The van der Waals surface area contributed by atoms with Crippen LogP contribution in [-0.2, 0) is 6.54 Å². The lowest BCUT2D eigenvalue weighted by Gasteiger charge is -2.25. The van der Waals surface area contributed by atoms with Gasteiger partial charge in [-0.05, 0) is 31.5 Å². The number of nitrogens with zero attached hydrogens (tertiary/aromatic N) is 1. The number of benzene rings is 1. The number of phenolic OH excluding ortho intramolecular Hbond substituents is 1. The maximum atomic E-state index is 9.35. The molecular weight excluding hydrogens is 210 g/mol. The Balaban J connectivity index is 2.65. The fourth-order valence-corrected chi connectivity index (χ4v) is 1.73. The molecule has 0 aliphatic rings. The minimum Gasteiger partial charge on any atom is -0.508 e.